The van der Waals surface area contributed by atoms with Crippen LogP contribution in [0.4, 0.5) is 17.3 Å². The summed E-state index contributed by atoms with van der Waals surface area (Å²) in [5.41, 5.74) is 3.18. The van der Waals surface area contributed by atoms with Gasteiger partial charge in [-0.25, -0.2) is 9.97 Å². The zero-order valence-corrected chi connectivity index (χ0v) is 18.0. The van der Waals surface area contributed by atoms with Crippen molar-refractivity contribution in [1.29, 1.82) is 0 Å². The smallest absolute Gasteiger partial charge is 0.261 e. The van der Waals surface area contributed by atoms with Crippen molar-refractivity contribution in [1.82, 2.24) is 15.0 Å². The molecule has 5 rings (SSSR count). The third kappa shape index (κ3) is 3.41. The SMILES string of the molecule is CCN1c2ncc(C[14CH2]Oc3ccnc4ccccc34)cc2C(=O)N(C)c2cccnc21. The highest BCUT2D eigenvalue weighted by molar-refractivity contribution is 6.12. The number of fused-ring (bicyclic) bond motifs is 3. The number of hydrogen-bond donors (Lipinski definition) is 0. The van der Waals surface area contributed by atoms with Gasteiger partial charge in [0.15, 0.2) is 5.82 Å². The molecule has 0 N–H and O–H groups in total. The summed E-state index contributed by atoms with van der Waals surface area (Å²) in [6.07, 6.45) is 5.93. The van der Waals surface area contributed by atoms with Crippen LogP contribution >= 0.6 is 0 Å². The van der Waals surface area contributed by atoms with Gasteiger partial charge in [0.25, 0.3) is 5.91 Å². The van der Waals surface area contributed by atoms with Gasteiger partial charge >= 0.3 is 0 Å². The summed E-state index contributed by atoms with van der Waals surface area (Å²) >= 11 is 0. The molecule has 0 unspecified atom stereocenters. The number of carbonyl (C=O) groups is 1. The maximum Gasteiger partial charge on any atom is 0.261 e. The molecule has 0 aliphatic carbocycles. The number of para-hydroxylation sites is 1. The van der Waals surface area contributed by atoms with Gasteiger partial charge in [0.05, 0.1) is 23.4 Å². The molecule has 160 valence electrons. The maximum absolute atomic E-state index is 13.2. The van der Waals surface area contributed by atoms with Crippen molar-refractivity contribution in [2.24, 2.45) is 0 Å². The van der Waals surface area contributed by atoms with Gasteiger partial charge in [-0.1, -0.05) is 12.1 Å². The number of benzene rings is 1. The van der Waals surface area contributed by atoms with E-state index in [1.807, 2.05) is 66.6 Å². The molecule has 1 aliphatic heterocycles. The lowest BCUT2D eigenvalue weighted by Crippen LogP contribution is -2.25. The molecule has 4 heterocycles. The Balaban J connectivity index is 1.41. The molecular weight excluding hydrogens is 404 g/mol. The van der Waals surface area contributed by atoms with Gasteiger partial charge in [0, 0.05) is 44.0 Å². The van der Waals surface area contributed by atoms with E-state index in [2.05, 4.69) is 15.0 Å². The number of rotatable bonds is 5. The van der Waals surface area contributed by atoms with Crippen LogP contribution in [0.1, 0.15) is 22.8 Å². The molecular formula is C25H23N5O2. The summed E-state index contributed by atoms with van der Waals surface area (Å²) in [5.74, 6) is 2.07. The number of ether oxygens (including phenoxy) is 1. The van der Waals surface area contributed by atoms with E-state index in [0.717, 1.165) is 33.7 Å². The molecule has 0 saturated heterocycles. The van der Waals surface area contributed by atoms with Crippen molar-refractivity contribution in [3.63, 3.8) is 0 Å². The minimum atomic E-state index is -0.0967. The third-order valence-corrected chi connectivity index (χ3v) is 5.67. The van der Waals surface area contributed by atoms with E-state index < -0.39 is 0 Å². The lowest BCUT2D eigenvalue weighted by Gasteiger charge is -2.22. The molecule has 0 radical (unpaired) electrons. The summed E-state index contributed by atoms with van der Waals surface area (Å²) in [5, 5.41) is 0.982. The van der Waals surface area contributed by atoms with E-state index >= 15 is 0 Å². The Morgan fingerprint density at radius 1 is 1.00 bits per heavy atom. The predicted molar refractivity (Wildman–Crippen MR) is 125 cm³/mol. The first-order valence-electron chi connectivity index (χ1n) is 10.6. The Kier molecular flexibility index (Phi) is 5.15. The molecule has 0 saturated carbocycles. The van der Waals surface area contributed by atoms with E-state index in [1.165, 1.54) is 0 Å². The molecule has 0 bridgehead atoms. The molecule has 32 heavy (non-hydrogen) atoms. The van der Waals surface area contributed by atoms with Crippen molar-refractivity contribution >= 4 is 34.1 Å². The van der Waals surface area contributed by atoms with Crippen LogP contribution in [0.25, 0.3) is 10.9 Å². The number of carbonyl (C=O) groups excluding carboxylic acids is 1. The normalized spacial score (nSPS) is 13.0. The maximum atomic E-state index is 13.2. The van der Waals surface area contributed by atoms with Crippen molar-refractivity contribution in [3.05, 3.63) is 78.2 Å². The molecule has 3 aromatic heterocycles. The molecule has 0 fully saturated rings. The monoisotopic (exact) mass is 427 g/mol. The van der Waals surface area contributed by atoms with Crippen LogP contribution in [-0.2, 0) is 6.42 Å². The minimum Gasteiger partial charge on any atom is -0.492 e. The summed E-state index contributed by atoms with van der Waals surface area (Å²) < 4.78 is 6.05. The Morgan fingerprint density at radius 2 is 1.88 bits per heavy atom. The average Bonchev–Trinajstić information content (AvgIpc) is 2.92. The fourth-order valence-electron chi connectivity index (χ4n) is 4.03. The summed E-state index contributed by atoms with van der Waals surface area (Å²) in [6.45, 7) is 3.15. The largest absolute Gasteiger partial charge is 0.492 e. The molecule has 0 spiro atoms. The minimum absolute atomic E-state index is 0.0967. The van der Waals surface area contributed by atoms with E-state index in [0.29, 0.717) is 31.0 Å². The van der Waals surface area contributed by atoms with Gasteiger partial charge in [0.1, 0.15) is 11.6 Å². The highest BCUT2D eigenvalue weighted by Crippen LogP contribution is 2.37. The predicted octanol–water partition coefficient (Wildman–Crippen LogP) is 4.39. The quantitative estimate of drug-likeness (QED) is 0.470. The molecule has 1 amide bonds. The van der Waals surface area contributed by atoms with Crippen LogP contribution in [0.3, 0.4) is 0 Å². The summed E-state index contributed by atoms with van der Waals surface area (Å²) in [6, 6.07) is 15.4. The highest BCUT2D eigenvalue weighted by Gasteiger charge is 2.30. The second-order valence-electron chi connectivity index (χ2n) is 7.59. The van der Waals surface area contributed by atoms with Crippen LogP contribution in [-0.4, -0.2) is 41.1 Å². The van der Waals surface area contributed by atoms with Crippen LogP contribution in [0.15, 0.2) is 67.1 Å². The molecule has 0 atom stereocenters. The zero-order chi connectivity index (χ0) is 22.1. The molecule has 7 heteroatoms. The number of amides is 1. The average molecular weight is 427 g/mol. The summed E-state index contributed by atoms with van der Waals surface area (Å²) in [4.78, 5) is 30.4. The first kappa shape index (κ1) is 19.9. The van der Waals surface area contributed by atoms with Crippen LogP contribution < -0.4 is 14.5 Å². The van der Waals surface area contributed by atoms with Gasteiger partial charge in [-0.2, -0.15) is 0 Å². The fourth-order valence-corrected chi connectivity index (χ4v) is 4.03. The Bertz CT molecular complexity index is 1300. The number of pyridine rings is 3. The summed E-state index contributed by atoms with van der Waals surface area (Å²) in [7, 11) is 1.77. The Morgan fingerprint density at radius 3 is 2.75 bits per heavy atom. The van der Waals surface area contributed by atoms with Crippen molar-refractivity contribution in [2.75, 3.05) is 30.0 Å². The zero-order valence-electron chi connectivity index (χ0n) is 18.0. The van der Waals surface area contributed by atoms with E-state index in [4.69, 9.17) is 4.74 Å². The first-order valence-corrected chi connectivity index (χ1v) is 10.6. The third-order valence-electron chi connectivity index (χ3n) is 5.67. The van der Waals surface area contributed by atoms with Crippen molar-refractivity contribution in [2.45, 2.75) is 13.3 Å². The van der Waals surface area contributed by atoms with Gasteiger partial charge in [-0.3, -0.25) is 9.78 Å². The molecule has 4 aromatic rings. The van der Waals surface area contributed by atoms with E-state index in [9.17, 15) is 4.79 Å². The van der Waals surface area contributed by atoms with Gasteiger partial charge in [0.2, 0.25) is 0 Å². The van der Waals surface area contributed by atoms with Crippen LogP contribution in [0, 0.1) is 0 Å². The fraction of sp³-hybridized carbons (Fsp3) is 0.200. The Hall–Kier alpha value is -4.00. The highest BCUT2D eigenvalue weighted by atomic mass is 16.6. The second kappa shape index (κ2) is 8.26. The Labute approximate surface area is 186 Å². The van der Waals surface area contributed by atoms with Crippen LogP contribution in [0.2, 0.25) is 0 Å². The van der Waals surface area contributed by atoms with Crippen LogP contribution in [0.5, 0.6) is 5.75 Å². The molecule has 7 nitrogen and oxygen atoms in total. The van der Waals surface area contributed by atoms with Gasteiger partial charge in [-0.05, 0) is 48.9 Å². The van der Waals surface area contributed by atoms with Crippen molar-refractivity contribution in [3.8, 4) is 5.75 Å². The number of nitrogens with zero attached hydrogens (tertiary/aromatic N) is 5. The number of aromatic nitrogens is 3. The van der Waals surface area contributed by atoms with Crippen molar-refractivity contribution < 1.29 is 9.53 Å². The van der Waals surface area contributed by atoms with E-state index in [1.54, 1.807) is 24.3 Å². The first-order chi connectivity index (χ1) is 15.7. The second-order valence-corrected chi connectivity index (χ2v) is 7.59. The van der Waals surface area contributed by atoms with Gasteiger partial charge < -0.3 is 14.5 Å². The lowest BCUT2D eigenvalue weighted by molar-refractivity contribution is 0.0994. The lowest BCUT2D eigenvalue weighted by atomic mass is 10.1. The number of anilines is 3. The van der Waals surface area contributed by atoms with Gasteiger partial charge in [-0.15, -0.1) is 0 Å². The molecule has 1 aliphatic rings. The van der Waals surface area contributed by atoms with E-state index in [-0.39, 0.29) is 5.91 Å². The topological polar surface area (TPSA) is 71.5 Å². The molecule has 1 aromatic carbocycles. The standard InChI is InChI=1S/C25H23N5O2/c1-3-30-23-19(25(31)29(2)21-9-6-12-27-24(21)30)15-17(16-28-23)11-14-32-22-10-13-26-20-8-5-4-7-18(20)22/h4-10,12-13,15-16H,3,11,14H2,1-2H3/i14+2. The number of hydrogen-bond acceptors (Lipinski definition) is 6.